The second kappa shape index (κ2) is 7.40. The Morgan fingerprint density at radius 3 is 2.71 bits per heavy atom. The third kappa shape index (κ3) is 5.68. The van der Waals surface area contributed by atoms with Crippen molar-refractivity contribution in [2.24, 2.45) is 0 Å². The van der Waals surface area contributed by atoms with Gasteiger partial charge in [0.1, 0.15) is 5.75 Å². The molecule has 1 fully saturated rings. The van der Waals surface area contributed by atoms with Crippen LogP contribution < -0.4 is 10.1 Å². The number of hydrogen-bond donors (Lipinski definition) is 1. The number of carbonyl (C=O) groups excluding carboxylic acids is 2. The summed E-state index contributed by atoms with van der Waals surface area (Å²) in [6.45, 7) is 0.798. The van der Waals surface area contributed by atoms with Gasteiger partial charge >= 0.3 is 5.97 Å². The zero-order chi connectivity index (χ0) is 17.8. The summed E-state index contributed by atoms with van der Waals surface area (Å²) >= 11 is 5.79. The van der Waals surface area contributed by atoms with Crippen molar-refractivity contribution in [1.29, 1.82) is 0 Å². The highest BCUT2D eigenvalue weighted by Crippen LogP contribution is 2.22. The molecule has 132 valence electrons. The minimum Gasteiger partial charge on any atom is -0.482 e. The third-order valence-electron chi connectivity index (χ3n) is 3.46. The van der Waals surface area contributed by atoms with Gasteiger partial charge in [0.25, 0.3) is 5.91 Å². The van der Waals surface area contributed by atoms with Crippen LogP contribution in [-0.2, 0) is 24.2 Å². The number of carbonyl (C=O) groups is 2. The first kappa shape index (κ1) is 18.5. The quantitative estimate of drug-likeness (QED) is 0.743. The molecule has 7 nitrogen and oxygen atoms in total. The lowest BCUT2D eigenvalue weighted by Crippen LogP contribution is -2.48. The van der Waals surface area contributed by atoms with Gasteiger partial charge in [-0.15, -0.1) is 0 Å². The molecule has 0 saturated carbocycles. The second-order valence-corrected chi connectivity index (χ2v) is 8.48. The Kier molecular flexibility index (Phi) is 5.71. The first-order valence-corrected chi connectivity index (χ1v) is 9.43. The van der Waals surface area contributed by atoms with Gasteiger partial charge in [-0.1, -0.05) is 17.7 Å². The maximum Gasteiger partial charge on any atom is 0.344 e. The van der Waals surface area contributed by atoms with Crippen molar-refractivity contribution in [3.63, 3.8) is 0 Å². The molecule has 0 bridgehead atoms. The number of halogens is 1. The maximum absolute atomic E-state index is 11.8. The lowest BCUT2D eigenvalue weighted by Gasteiger charge is -2.23. The van der Waals surface area contributed by atoms with Crippen LogP contribution in [0.5, 0.6) is 5.75 Å². The van der Waals surface area contributed by atoms with E-state index in [-0.39, 0.29) is 18.1 Å². The lowest BCUT2D eigenvalue weighted by atomic mass is 10.0. The van der Waals surface area contributed by atoms with Crippen molar-refractivity contribution in [3.8, 4) is 5.75 Å². The van der Waals surface area contributed by atoms with Gasteiger partial charge in [-0.05, 0) is 31.5 Å². The molecule has 9 heteroatoms. The van der Waals surface area contributed by atoms with Crippen LogP contribution in [0.2, 0.25) is 5.02 Å². The van der Waals surface area contributed by atoms with Gasteiger partial charge in [-0.25, -0.2) is 13.2 Å². The van der Waals surface area contributed by atoms with E-state index in [0.29, 0.717) is 17.2 Å². The molecule has 1 aliphatic rings. The third-order valence-corrected chi connectivity index (χ3v) is 5.60. The summed E-state index contributed by atoms with van der Waals surface area (Å²) in [7, 11) is -3.13. The first-order valence-electron chi connectivity index (χ1n) is 7.23. The SMILES string of the molecule is C[C@]1(NC(=O)COC(=O)COc2cccc(Cl)c2)CCS(=O)(=O)C1. The molecule has 0 aliphatic carbocycles. The molecule has 0 spiro atoms. The Morgan fingerprint density at radius 1 is 1.33 bits per heavy atom. The fourth-order valence-electron chi connectivity index (χ4n) is 2.37. The van der Waals surface area contributed by atoms with Gasteiger partial charge in [-0.3, -0.25) is 4.79 Å². The average Bonchev–Trinajstić information content (AvgIpc) is 2.76. The van der Waals surface area contributed by atoms with Crippen molar-refractivity contribution >= 4 is 33.3 Å². The van der Waals surface area contributed by atoms with Gasteiger partial charge in [0.2, 0.25) is 0 Å². The Hall–Kier alpha value is -1.80. The molecular weight excluding hydrogens is 358 g/mol. The monoisotopic (exact) mass is 375 g/mol. The highest BCUT2D eigenvalue weighted by molar-refractivity contribution is 7.91. The van der Waals surface area contributed by atoms with E-state index in [0.717, 1.165) is 0 Å². The summed E-state index contributed by atoms with van der Waals surface area (Å²) in [5, 5.41) is 3.07. The molecule has 1 amide bonds. The minimum absolute atomic E-state index is 0.0387. The Bertz CT molecular complexity index is 735. The lowest BCUT2D eigenvalue weighted by molar-refractivity contribution is -0.150. The van der Waals surface area contributed by atoms with Crippen molar-refractivity contribution in [3.05, 3.63) is 29.3 Å². The van der Waals surface area contributed by atoms with Crippen LogP contribution in [0, 0.1) is 0 Å². The van der Waals surface area contributed by atoms with Crippen molar-refractivity contribution in [2.45, 2.75) is 18.9 Å². The normalized spacial score (nSPS) is 21.9. The first-order chi connectivity index (χ1) is 11.2. The number of sulfone groups is 1. The zero-order valence-electron chi connectivity index (χ0n) is 13.1. The second-order valence-electron chi connectivity index (χ2n) is 5.86. The molecule has 0 aromatic heterocycles. The molecule has 2 rings (SSSR count). The van der Waals surface area contributed by atoms with E-state index in [4.69, 9.17) is 21.1 Å². The number of esters is 1. The fraction of sp³-hybridized carbons (Fsp3) is 0.467. The number of ether oxygens (including phenoxy) is 2. The number of hydrogen-bond acceptors (Lipinski definition) is 6. The van der Waals surface area contributed by atoms with Gasteiger partial charge in [0.15, 0.2) is 23.1 Å². The molecule has 1 heterocycles. The van der Waals surface area contributed by atoms with Crippen molar-refractivity contribution < 1.29 is 27.5 Å². The molecule has 1 N–H and O–H groups in total. The molecule has 0 unspecified atom stereocenters. The van der Waals surface area contributed by atoms with E-state index in [1.165, 1.54) is 0 Å². The van der Waals surface area contributed by atoms with Gasteiger partial charge in [0.05, 0.1) is 17.0 Å². The Morgan fingerprint density at radius 2 is 2.08 bits per heavy atom. The predicted octanol–water partition coefficient (Wildman–Crippen LogP) is 0.955. The molecular formula is C15H18ClNO6S. The molecule has 24 heavy (non-hydrogen) atoms. The standard InChI is InChI=1S/C15H18ClNO6S/c1-15(5-6-24(20,21)10-15)17-13(18)8-23-14(19)9-22-12-4-2-3-11(16)7-12/h2-4,7H,5-6,8-10H2,1H3,(H,17,18)/t15-/m0/s1. The Labute approximate surface area is 145 Å². The number of nitrogens with one attached hydrogen (secondary N) is 1. The summed E-state index contributed by atoms with van der Waals surface area (Å²) in [6, 6.07) is 6.52. The molecule has 1 aliphatic heterocycles. The summed E-state index contributed by atoms with van der Waals surface area (Å²) in [6.07, 6.45) is 0.340. The summed E-state index contributed by atoms with van der Waals surface area (Å²) < 4.78 is 32.9. The minimum atomic E-state index is -3.13. The van der Waals surface area contributed by atoms with Crippen LogP contribution in [0.1, 0.15) is 13.3 Å². The fourth-order valence-corrected chi connectivity index (χ4v) is 4.64. The highest BCUT2D eigenvalue weighted by atomic mass is 35.5. The van der Waals surface area contributed by atoms with Gasteiger partial charge in [-0.2, -0.15) is 0 Å². The van der Waals surface area contributed by atoms with Crippen LogP contribution in [0.3, 0.4) is 0 Å². The molecule has 0 radical (unpaired) electrons. The van der Waals surface area contributed by atoms with Crippen LogP contribution in [0.25, 0.3) is 0 Å². The number of rotatable bonds is 6. The van der Waals surface area contributed by atoms with Crippen LogP contribution in [-0.4, -0.2) is 50.6 Å². The average molecular weight is 376 g/mol. The van der Waals surface area contributed by atoms with Gasteiger partial charge in [0, 0.05) is 5.02 Å². The predicted molar refractivity (Wildman–Crippen MR) is 87.7 cm³/mol. The summed E-state index contributed by atoms with van der Waals surface area (Å²) in [4.78, 5) is 23.4. The van der Waals surface area contributed by atoms with E-state index in [1.807, 2.05) is 0 Å². The van der Waals surface area contributed by atoms with Crippen molar-refractivity contribution in [2.75, 3.05) is 24.7 Å². The van der Waals surface area contributed by atoms with E-state index in [2.05, 4.69) is 5.32 Å². The topological polar surface area (TPSA) is 98.8 Å². The van der Waals surface area contributed by atoms with E-state index >= 15 is 0 Å². The van der Waals surface area contributed by atoms with E-state index in [9.17, 15) is 18.0 Å². The van der Waals surface area contributed by atoms with Gasteiger partial charge < -0.3 is 14.8 Å². The van der Waals surface area contributed by atoms with Crippen LogP contribution in [0.4, 0.5) is 0 Å². The number of amides is 1. The zero-order valence-corrected chi connectivity index (χ0v) is 14.7. The van der Waals surface area contributed by atoms with E-state index < -0.39 is 33.9 Å². The summed E-state index contributed by atoms with van der Waals surface area (Å²) in [5.41, 5.74) is -0.820. The van der Waals surface area contributed by atoms with Crippen LogP contribution in [0.15, 0.2) is 24.3 Å². The molecule has 1 atom stereocenters. The highest BCUT2D eigenvalue weighted by Gasteiger charge is 2.39. The summed E-state index contributed by atoms with van der Waals surface area (Å²) in [5.74, 6) is -0.929. The smallest absolute Gasteiger partial charge is 0.344 e. The van der Waals surface area contributed by atoms with Crippen LogP contribution >= 0.6 is 11.6 Å². The molecule has 1 aromatic rings. The van der Waals surface area contributed by atoms with E-state index in [1.54, 1.807) is 31.2 Å². The van der Waals surface area contributed by atoms with Crippen molar-refractivity contribution in [1.82, 2.24) is 5.32 Å². The number of benzene rings is 1. The molecule has 1 aromatic carbocycles. The maximum atomic E-state index is 11.8. The Balaban J connectivity index is 1.72. The molecule has 1 saturated heterocycles. The largest absolute Gasteiger partial charge is 0.482 e.